The topological polar surface area (TPSA) is 84.2 Å². The number of nitrogens with one attached hydrogen (secondary N) is 2. The van der Waals surface area contributed by atoms with E-state index in [0.717, 1.165) is 32.2 Å². The van der Waals surface area contributed by atoms with Crippen LogP contribution in [-0.4, -0.2) is 32.0 Å². The smallest absolute Gasteiger partial charge is 0.239 e. The van der Waals surface area contributed by atoms with Crippen molar-refractivity contribution in [2.24, 2.45) is 17.6 Å². The summed E-state index contributed by atoms with van der Waals surface area (Å²) in [4.78, 5) is 22.5. The standard InChI is InChI=1S/C12H23N3O2/c1-14-12(17)8-15-11(16)6-9-2-4-10(7-13)5-3-9/h9-10H,2-8,13H2,1H3,(H,14,17)(H,15,16). The lowest BCUT2D eigenvalue weighted by molar-refractivity contribution is -0.126. The summed E-state index contributed by atoms with van der Waals surface area (Å²) in [7, 11) is 1.56. The minimum absolute atomic E-state index is 0.0233. The predicted molar refractivity (Wildman–Crippen MR) is 66.2 cm³/mol. The monoisotopic (exact) mass is 241 g/mol. The second-order valence-corrected chi connectivity index (χ2v) is 4.78. The number of hydrogen-bond acceptors (Lipinski definition) is 3. The van der Waals surface area contributed by atoms with Crippen LogP contribution in [0.1, 0.15) is 32.1 Å². The summed E-state index contributed by atoms with van der Waals surface area (Å²) in [6.07, 6.45) is 4.95. The van der Waals surface area contributed by atoms with Crippen LogP contribution in [0.5, 0.6) is 0 Å². The van der Waals surface area contributed by atoms with E-state index in [1.807, 2.05) is 0 Å². The van der Waals surface area contributed by atoms with Crippen molar-refractivity contribution in [3.8, 4) is 0 Å². The molecule has 1 aliphatic carbocycles. The van der Waals surface area contributed by atoms with Gasteiger partial charge in [-0.3, -0.25) is 9.59 Å². The first kappa shape index (κ1) is 14.0. The Morgan fingerprint density at radius 2 is 1.71 bits per heavy atom. The van der Waals surface area contributed by atoms with Gasteiger partial charge in [0.2, 0.25) is 11.8 Å². The average molecular weight is 241 g/mol. The van der Waals surface area contributed by atoms with Gasteiger partial charge >= 0.3 is 0 Å². The normalized spacial score (nSPS) is 24.1. The Kier molecular flexibility index (Phi) is 5.97. The Balaban J connectivity index is 2.17. The van der Waals surface area contributed by atoms with Gasteiger partial charge in [0.1, 0.15) is 0 Å². The third-order valence-electron chi connectivity index (χ3n) is 3.50. The van der Waals surface area contributed by atoms with Gasteiger partial charge < -0.3 is 16.4 Å². The van der Waals surface area contributed by atoms with Crippen LogP contribution in [0.2, 0.25) is 0 Å². The summed E-state index contributed by atoms with van der Waals surface area (Å²) in [6.45, 7) is 0.836. The lowest BCUT2D eigenvalue weighted by Crippen LogP contribution is -2.36. The molecule has 0 aromatic heterocycles. The average Bonchev–Trinajstić information content (AvgIpc) is 2.36. The van der Waals surface area contributed by atoms with Crippen LogP contribution in [0.25, 0.3) is 0 Å². The van der Waals surface area contributed by atoms with Gasteiger partial charge in [0.05, 0.1) is 6.54 Å². The summed E-state index contributed by atoms with van der Waals surface area (Å²) in [5, 5.41) is 5.10. The van der Waals surface area contributed by atoms with Gasteiger partial charge in [-0.1, -0.05) is 0 Å². The lowest BCUT2D eigenvalue weighted by Gasteiger charge is -2.27. The maximum atomic E-state index is 11.6. The third kappa shape index (κ3) is 5.17. The van der Waals surface area contributed by atoms with Crippen LogP contribution in [0.15, 0.2) is 0 Å². The molecular weight excluding hydrogens is 218 g/mol. The molecule has 98 valence electrons. The van der Waals surface area contributed by atoms with Crippen molar-refractivity contribution in [2.45, 2.75) is 32.1 Å². The molecule has 1 aliphatic rings. The van der Waals surface area contributed by atoms with Gasteiger partial charge in [-0.05, 0) is 44.1 Å². The first-order valence-corrected chi connectivity index (χ1v) is 6.33. The minimum atomic E-state index is -0.162. The molecular formula is C12H23N3O2. The zero-order valence-corrected chi connectivity index (χ0v) is 10.5. The van der Waals surface area contributed by atoms with Crippen molar-refractivity contribution < 1.29 is 9.59 Å². The molecule has 0 atom stereocenters. The molecule has 5 heteroatoms. The van der Waals surface area contributed by atoms with Crippen LogP contribution in [0, 0.1) is 11.8 Å². The molecule has 0 heterocycles. The molecule has 1 rings (SSSR count). The number of hydrogen-bond donors (Lipinski definition) is 3. The minimum Gasteiger partial charge on any atom is -0.358 e. The number of carbonyl (C=O) groups excluding carboxylic acids is 2. The van der Waals surface area contributed by atoms with E-state index in [9.17, 15) is 9.59 Å². The Hall–Kier alpha value is -1.10. The quantitative estimate of drug-likeness (QED) is 0.633. The molecule has 0 bridgehead atoms. The molecule has 5 nitrogen and oxygen atoms in total. The Morgan fingerprint density at radius 1 is 1.12 bits per heavy atom. The van der Waals surface area contributed by atoms with Gasteiger partial charge in [0, 0.05) is 13.5 Å². The fraction of sp³-hybridized carbons (Fsp3) is 0.833. The van der Waals surface area contributed by atoms with Crippen molar-refractivity contribution in [1.82, 2.24) is 10.6 Å². The van der Waals surface area contributed by atoms with Crippen molar-refractivity contribution >= 4 is 11.8 Å². The number of nitrogens with two attached hydrogens (primary N) is 1. The molecule has 0 aromatic carbocycles. The van der Waals surface area contributed by atoms with Gasteiger partial charge in [-0.15, -0.1) is 0 Å². The fourth-order valence-electron chi connectivity index (χ4n) is 2.27. The summed E-state index contributed by atoms with van der Waals surface area (Å²) in [5.74, 6) is 0.914. The Bertz CT molecular complexity index is 260. The molecule has 2 amide bonds. The fourth-order valence-corrected chi connectivity index (χ4v) is 2.27. The van der Waals surface area contributed by atoms with E-state index < -0.39 is 0 Å². The van der Waals surface area contributed by atoms with Crippen LogP contribution in [0.4, 0.5) is 0 Å². The van der Waals surface area contributed by atoms with Crippen molar-refractivity contribution in [3.63, 3.8) is 0 Å². The highest BCUT2D eigenvalue weighted by Crippen LogP contribution is 2.29. The summed E-state index contributed by atoms with van der Waals surface area (Å²) < 4.78 is 0. The van der Waals surface area contributed by atoms with Gasteiger partial charge in [-0.2, -0.15) is 0 Å². The molecule has 0 aromatic rings. The second kappa shape index (κ2) is 7.27. The summed E-state index contributed by atoms with van der Waals surface area (Å²) in [5.41, 5.74) is 5.62. The molecule has 17 heavy (non-hydrogen) atoms. The van der Waals surface area contributed by atoms with Gasteiger partial charge in [0.25, 0.3) is 0 Å². The van der Waals surface area contributed by atoms with Gasteiger partial charge in [-0.25, -0.2) is 0 Å². The lowest BCUT2D eigenvalue weighted by atomic mass is 9.80. The molecule has 0 aliphatic heterocycles. The van der Waals surface area contributed by atoms with E-state index in [1.54, 1.807) is 7.05 Å². The highest BCUT2D eigenvalue weighted by atomic mass is 16.2. The molecule has 0 radical (unpaired) electrons. The number of rotatable bonds is 5. The third-order valence-corrected chi connectivity index (χ3v) is 3.50. The zero-order chi connectivity index (χ0) is 12.7. The Morgan fingerprint density at radius 3 is 2.24 bits per heavy atom. The van der Waals surface area contributed by atoms with E-state index in [0.29, 0.717) is 18.3 Å². The van der Waals surface area contributed by atoms with Crippen LogP contribution in [-0.2, 0) is 9.59 Å². The van der Waals surface area contributed by atoms with E-state index in [-0.39, 0.29) is 18.4 Å². The van der Waals surface area contributed by atoms with Crippen molar-refractivity contribution in [3.05, 3.63) is 0 Å². The molecule has 0 spiro atoms. The Labute approximate surface area is 103 Å². The highest BCUT2D eigenvalue weighted by molar-refractivity contribution is 5.84. The molecule has 0 unspecified atom stereocenters. The highest BCUT2D eigenvalue weighted by Gasteiger charge is 2.22. The zero-order valence-electron chi connectivity index (χ0n) is 10.5. The van der Waals surface area contributed by atoms with Crippen LogP contribution in [0.3, 0.4) is 0 Å². The first-order chi connectivity index (χ1) is 8.15. The molecule has 0 saturated heterocycles. The maximum Gasteiger partial charge on any atom is 0.239 e. The van der Waals surface area contributed by atoms with E-state index in [2.05, 4.69) is 10.6 Å². The number of amides is 2. The van der Waals surface area contributed by atoms with E-state index in [4.69, 9.17) is 5.73 Å². The number of carbonyl (C=O) groups is 2. The van der Waals surface area contributed by atoms with Crippen LogP contribution >= 0.6 is 0 Å². The van der Waals surface area contributed by atoms with Crippen LogP contribution < -0.4 is 16.4 Å². The SMILES string of the molecule is CNC(=O)CNC(=O)CC1CCC(CN)CC1. The molecule has 4 N–H and O–H groups in total. The number of likely N-dealkylation sites (N-methyl/N-ethyl adjacent to an activating group) is 1. The van der Waals surface area contributed by atoms with E-state index in [1.165, 1.54) is 0 Å². The maximum absolute atomic E-state index is 11.6. The van der Waals surface area contributed by atoms with Gasteiger partial charge in [0.15, 0.2) is 0 Å². The molecule has 1 fully saturated rings. The summed E-state index contributed by atoms with van der Waals surface area (Å²) in [6, 6.07) is 0. The second-order valence-electron chi connectivity index (χ2n) is 4.78. The summed E-state index contributed by atoms with van der Waals surface area (Å²) >= 11 is 0. The molecule has 1 saturated carbocycles. The van der Waals surface area contributed by atoms with Crippen molar-refractivity contribution in [1.29, 1.82) is 0 Å². The van der Waals surface area contributed by atoms with Crippen molar-refractivity contribution in [2.75, 3.05) is 20.1 Å². The largest absolute Gasteiger partial charge is 0.358 e. The first-order valence-electron chi connectivity index (χ1n) is 6.33. The predicted octanol–water partition coefficient (Wildman–Crippen LogP) is 0.00380. The van der Waals surface area contributed by atoms with E-state index >= 15 is 0 Å².